The van der Waals surface area contributed by atoms with Gasteiger partial charge in [-0.05, 0) is 19.3 Å². The Morgan fingerprint density at radius 1 is 1.42 bits per heavy atom. The quantitative estimate of drug-likeness (QED) is 0.634. The summed E-state index contributed by atoms with van der Waals surface area (Å²) < 4.78 is 0. The van der Waals surface area contributed by atoms with Crippen LogP contribution in [0.25, 0.3) is 0 Å². The number of rotatable bonds is 2. The molecule has 2 unspecified atom stereocenters. The van der Waals surface area contributed by atoms with Crippen LogP contribution in [0.15, 0.2) is 0 Å². The molecule has 0 bridgehead atoms. The molecule has 3 heteroatoms. The monoisotopic (exact) mass is 170 g/mol. The summed E-state index contributed by atoms with van der Waals surface area (Å²) in [6, 6.07) is 0.286. The molecule has 1 N–H and O–H groups in total. The van der Waals surface area contributed by atoms with Gasteiger partial charge in [-0.1, -0.05) is 12.8 Å². The number of carbonyl (C=O) groups is 1. The van der Waals surface area contributed by atoms with Crippen LogP contribution in [0.4, 0.5) is 0 Å². The highest BCUT2D eigenvalue weighted by atomic mass is 16.4. The molecule has 69 valence electrons. The van der Waals surface area contributed by atoms with Crippen LogP contribution >= 0.6 is 0 Å². The van der Waals surface area contributed by atoms with Crippen molar-refractivity contribution in [1.82, 2.24) is 5.32 Å². The molecule has 1 aliphatic rings. The third-order valence-electron chi connectivity index (χ3n) is 2.61. The van der Waals surface area contributed by atoms with Gasteiger partial charge in [0.05, 0.1) is 5.92 Å². The lowest BCUT2D eigenvalue weighted by molar-refractivity contribution is -0.142. The molecule has 1 fully saturated rings. The second-order valence-corrected chi connectivity index (χ2v) is 3.47. The van der Waals surface area contributed by atoms with Crippen LogP contribution in [0.2, 0.25) is 0 Å². The summed E-state index contributed by atoms with van der Waals surface area (Å²) in [7, 11) is 1.79. The van der Waals surface area contributed by atoms with Gasteiger partial charge in [0.2, 0.25) is 0 Å². The van der Waals surface area contributed by atoms with Crippen LogP contribution in [-0.2, 0) is 4.79 Å². The zero-order valence-electron chi connectivity index (χ0n) is 7.49. The fourth-order valence-corrected chi connectivity index (χ4v) is 1.79. The van der Waals surface area contributed by atoms with Gasteiger partial charge in [0.1, 0.15) is 0 Å². The molecule has 1 saturated carbocycles. The van der Waals surface area contributed by atoms with Gasteiger partial charge in [-0.15, -0.1) is 0 Å². The van der Waals surface area contributed by atoms with Crippen LogP contribution in [-0.4, -0.2) is 24.2 Å². The number of nitrogens with zero attached hydrogens (tertiary/aromatic N) is 1. The molecule has 0 aliphatic heterocycles. The van der Waals surface area contributed by atoms with Crippen molar-refractivity contribution in [3.63, 3.8) is 0 Å². The highest BCUT2D eigenvalue weighted by Crippen LogP contribution is 2.23. The zero-order valence-corrected chi connectivity index (χ0v) is 7.49. The maximum atomic E-state index is 10.7. The van der Waals surface area contributed by atoms with Gasteiger partial charge >= 0.3 is 5.97 Å². The first-order valence-electron chi connectivity index (χ1n) is 4.55. The number of carboxylic acid groups (broad SMARTS) is 1. The van der Waals surface area contributed by atoms with Gasteiger partial charge in [-0.2, -0.15) is 0 Å². The van der Waals surface area contributed by atoms with Crippen molar-refractivity contribution in [3.05, 3.63) is 0 Å². The first-order valence-corrected chi connectivity index (χ1v) is 4.55. The van der Waals surface area contributed by atoms with Gasteiger partial charge < -0.3 is 5.11 Å². The topological polar surface area (TPSA) is 51.4 Å². The summed E-state index contributed by atoms with van der Waals surface area (Å²) >= 11 is 0. The SMILES string of the molecule is C[N]C1CCCCC(C(=O)O)C1. The van der Waals surface area contributed by atoms with Gasteiger partial charge in [0.15, 0.2) is 0 Å². The Balaban J connectivity index is 2.47. The second-order valence-electron chi connectivity index (χ2n) is 3.47. The first-order chi connectivity index (χ1) is 5.74. The van der Waals surface area contributed by atoms with Crippen molar-refractivity contribution < 1.29 is 9.90 Å². The molecule has 0 aromatic heterocycles. The van der Waals surface area contributed by atoms with Gasteiger partial charge in [0, 0.05) is 13.1 Å². The number of carboxylic acids is 1. The fourth-order valence-electron chi connectivity index (χ4n) is 1.79. The van der Waals surface area contributed by atoms with E-state index in [9.17, 15) is 4.79 Å². The number of hydrogen-bond acceptors (Lipinski definition) is 1. The van der Waals surface area contributed by atoms with E-state index in [1.54, 1.807) is 7.05 Å². The summed E-state index contributed by atoms with van der Waals surface area (Å²) in [6.07, 6.45) is 4.82. The highest BCUT2D eigenvalue weighted by Gasteiger charge is 2.24. The number of hydrogen-bond donors (Lipinski definition) is 1. The Kier molecular flexibility index (Phi) is 3.53. The molecule has 1 rings (SSSR count). The third kappa shape index (κ3) is 2.48. The summed E-state index contributed by atoms with van der Waals surface area (Å²) in [4.78, 5) is 10.7. The summed E-state index contributed by atoms with van der Waals surface area (Å²) in [5, 5.41) is 13.0. The maximum absolute atomic E-state index is 10.7. The molecule has 0 amide bonds. The van der Waals surface area contributed by atoms with Crippen LogP contribution in [0.5, 0.6) is 0 Å². The Bertz CT molecular complexity index is 159. The van der Waals surface area contributed by atoms with E-state index in [2.05, 4.69) is 5.32 Å². The lowest BCUT2D eigenvalue weighted by Gasteiger charge is -2.14. The predicted octanol–water partition coefficient (Wildman–Crippen LogP) is 1.25. The molecule has 0 aromatic rings. The molecule has 12 heavy (non-hydrogen) atoms. The zero-order chi connectivity index (χ0) is 8.97. The molecule has 0 heterocycles. The molecular weight excluding hydrogens is 154 g/mol. The molecule has 1 radical (unpaired) electrons. The van der Waals surface area contributed by atoms with E-state index in [0.717, 1.165) is 32.1 Å². The van der Waals surface area contributed by atoms with Crippen molar-refractivity contribution in [3.8, 4) is 0 Å². The second kappa shape index (κ2) is 4.45. The van der Waals surface area contributed by atoms with Crippen molar-refractivity contribution in [2.24, 2.45) is 5.92 Å². The van der Waals surface area contributed by atoms with Crippen LogP contribution in [0.1, 0.15) is 32.1 Å². The normalized spacial score (nSPS) is 31.1. The molecule has 3 nitrogen and oxygen atoms in total. The minimum atomic E-state index is -0.648. The number of aliphatic carboxylic acids is 1. The Morgan fingerprint density at radius 2 is 2.08 bits per heavy atom. The molecular formula is C9H16NO2. The lowest BCUT2D eigenvalue weighted by atomic mass is 9.98. The Labute approximate surface area is 73.2 Å². The van der Waals surface area contributed by atoms with Crippen LogP contribution in [0.3, 0.4) is 0 Å². The summed E-state index contributed by atoms with van der Waals surface area (Å²) in [5.41, 5.74) is 0. The standard InChI is InChI=1S/C9H16NO2/c1-10-8-5-3-2-4-7(6-8)9(11)12/h7-8H,2-6H2,1H3,(H,11,12). The summed E-state index contributed by atoms with van der Waals surface area (Å²) in [6.45, 7) is 0. The average Bonchev–Trinajstić information content (AvgIpc) is 2.28. The minimum Gasteiger partial charge on any atom is -0.481 e. The van der Waals surface area contributed by atoms with Crippen molar-refractivity contribution in [1.29, 1.82) is 0 Å². The summed E-state index contributed by atoms with van der Waals surface area (Å²) in [5.74, 6) is -0.799. The predicted molar refractivity (Wildman–Crippen MR) is 46.1 cm³/mol. The molecule has 2 atom stereocenters. The Morgan fingerprint density at radius 3 is 2.67 bits per heavy atom. The fraction of sp³-hybridized carbons (Fsp3) is 0.889. The van der Waals surface area contributed by atoms with E-state index in [4.69, 9.17) is 5.11 Å². The van der Waals surface area contributed by atoms with E-state index in [-0.39, 0.29) is 12.0 Å². The molecule has 1 aliphatic carbocycles. The smallest absolute Gasteiger partial charge is 0.306 e. The van der Waals surface area contributed by atoms with E-state index in [1.807, 2.05) is 0 Å². The maximum Gasteiger partial charge on any atom is 0.306 e. The molecule has 0 saturated heterocycles. The molecule has 0 aromatic carbocycles. The average molecular weight is 170 g/mol. The largest absolute Gasteiger partial charge is 0.481 e. The lowest BCUT2D eigenvalue weighted by Crippen LogP contribution is -2.24. The van der Waals surface area contributed by atoms with Crippen LogP contribution < -0.4 is 5.32 Å². The van der Waals surface area contributed by atoms with Gasteiger partial charge in [-0.25, -0.2) is 5.32 Å². The van der Waals surface area contributed by atoms with E-state index in [0.29, 0.717) is 0 Å². The molecule has 0 spiro atoms. The third-order valence-corrected chi connectivity index (χ3v) is 2.61. The van der Waals surface area contributed by atoms with Crippen LogP contribution in [0, 0.1) is 5.92 Å². The highest BCUT2D eigenvalue weighted by molar-refractivity contribution is 5.70. The minimum absolute atomic E-state index is 0.152. The van der Waals surface area contributed by atoms with Gasteiger partial charge in [-0.3, -0.25) is 4.79 Å². The van der Waals surface area contributed by atoms with E-state index < -0.39 is 5.97 Å². The van der Waals surface area contributed by atoms with E-state index >= 15 is 0 Å². The van der Waals surface area contributed by atoms with Crippen molar-refractivity contribution in [2.45, 2.75) is 38.1 Å². The first kappa shape index (κ1) is 9.52. The Hall–Kier alpha value is -0.570. The van der Waals surface area contributed by atoms with Crippen molar-refractivity contribution in [2.75, 3.05) is 7.05 Å². The van der Waals surface area contributed by atoms with Crippen molar-refractivity contribution >= 4 is 5.97 Å². The van der Waals surface area contributed by atoms with Gasteiger partial charge in [0.25, 0.3) is 0 Å². The van der Waals surface area contributed by atoms with E-state index in [1.165, 1.54) is 0 Å².